The van der Waals surface area contributed by atoms with Gasteiger partial charge < -0.3 is 4.74 Å². The Morgan fingerprint density at radius 1 is 1.65 bits per heavy atom. The van der Waals surface area contributed by atoms with Crippen LogP contribution in [0.5, 0.6) is 0 Å². The maximum Gasteiger partial charge on any atom is 0.309 e. The molecule has 0 aromatic carbocycles. The third-order valence-electron chi connectivity index (χ3n) is 2.55. The molecule has 5 nitrogen and oxygen atoms in total. The summed E-state index contributed by atoms with van der Waals surface area (Å²) in [4.78, 5) is 11.2. The zero-order chi connectivity index (χ0) is 12.8. The number of hydrogen-bond acceptors (Lipinski definition) is 4. The lowest BCUT2D eigenvalue weighted by Gasteiger charge is -2.08. The molecule has 2 unspecified atom stereocenters. The van der Waals surface area contributed by atoms with Crippen LogP contribution in [0.2, 0.25) is 0 Å². The van der Waals surface area contributed by atoms with Crippen LogP contribution in [-0.4, -0.2) is 38.6 Å². The van der Waals surface area contributed by atoms with Crippen molar-refractivity contribution in [1.29, 1.82) is 0 Å². The summed E-state index contributed by atoms with van der Waals surface area (Å²) < 4.78 is 18.1. The Hall–Kier alpha value is -1.17. The summed E-state index contributed by atoms with van der Waals surface area (Å²) in [7, 11) is 2.19. The molecule has 96 valence electrons. The molecular formula is C11H18N2O3S. The van der Waals surface area contributed by atoms with Crippen molar-refractivity contribution in [1.82, 2.24) is 9.78 Å². The molecule has 0 aliphatic heterocycles. The molecule has 1 aromatic heterocycles. The summed E-state index contributed by atoms with van der Waals surface area (Å²) >= 11 is 0. The summed E-state index contributed by atoms with van der Waals surface area (Å²) in [6, 6.07) is 1.90. The van der Waals surface area contributed by atoms with Crippen LogP contribution >= 0.6 is 0 Å². The molecule has 0 fully saturated rings. The van der Waals surface area contributed by atoms with Crippen LogP contribution in [0.3, 0.4) is 0 Å². The monoisotopic (exact) mass is 258 g/mol. The number of esters is 1. The minimum atomic E-state index is -1.01. The molecule has 0 bridgehead atoms. The van der Waals surface area contributed by atoms with Crippen molar-refractivity contribution in [3.63, 3.8) is 0 Å². The van der Waals surface area contributed by atoms with Crippen molar-refractivity contribution in [3.8, 4) is 0 Å². The Kier molecular flexibility index (Phi) is 5.34. The van der Waals surface area contributed by atoms with Gasteiger partial charge in [-0.05, 0) is 6.07 Å². The van der Waals surface area contributed by atoms with Crippen molar-refractivity contribution in [2.45, 2.75) is 13.3 Å². The zero-order valence-corrected chi connectivity index (χ0v) is 11.2. The molecule has 1 aromatic rings. The van der Waals surface area contributed by atoms with Crippen LogP contribution in [0.4, 0.5) is 0 Å². The molecule has 0 aliphatic carbocycles. The average molecular weight is 258 g/mol. The lowest BCUT2D eigenvalue weighted by Crippen LogP contribution is -2.21. The quantitative estimate of drug-likeness (QED) is 0.698. The third-order valence-corrected chi connectivity index (χ3v) is 4.08. The van der Waals surface area contributed by atoms with Crippen LogP contribution in [0.1, 0.15) is 12.6 Å². The standard InChI is InChI=1S/C11H18N2O3S/c1-9(11(14)16-3)8-17(15)7-5-10-4-6-12-13(10)2/h4,6,9H,5,7-8H2,1-3H3. The second kappa shape index (κ2) is 6.54. The van der Waals surface area contributed by atoms with Gasteiger partial charge in [0.05, 0.1) is 13.0 Å². The Morgan fingerprint density at radius 2 is 2.35 bits per heavy atom. The van der Waals surface area contributed by atoms with E-state index in [0.717, 1.165) is 5.69 Å². The Labute approximate surface area is 104 Å². The second-order valence-electron chi connectivity index (χ2n) is 3.93. The number of nitrogens with zero attached hydrogens (tertiary/aromatic N) is 2. The number of carbonyl (C=O) groups excluding carboxylic acids is 1. The minimum Gasteiger partial charge on any atom is -0.469 e. The maximum atomic E-state index is 11.8. The first-order valence-electron chi connectivity index (χ1n) is 5.44. The summed E-state index contributed by atoms with van der Waals surface area (Å²) in [5.41, 5.74) is 1.05. The molecular weight excluding hydrogens is 240 g/mol. The fourth-order valence-corrected chi connectivity index (χ4v) is 2.79. The van der Waals surface area contributed by atoms with Crippen LogP contribution in [0.25, 0.3) is 0 Å². The van der Waals surface area contributed by atoms with Crippen LogP contribution in [0, 0.1) is 5.92 Å². The van der Waals surface area contributed by atoms with E-state index in [9.17, 15) is 9.00 Å². The van der Waals surface area contributed by atoms with Gasteiger partial charge in [-0.1, -0.05) is 6.92 Å². The molecule has 2 atom stereocenters. The van der Waals surface area contributed by atoms with E-state index in [0.29, 0.717) is 17.9 Å². The minimum absolute atomic E-state index is 0.307. The van der Waals surface area contributed by atoms with Gasteiger partial charge in [0.25, 0.3) is 0 Å². The van der Waals surface area contributed by atoms with E-state index < -0.39 is 10.8 Å². The van der Waals surface area contributed by atoms with Gasteiger partial charge in [0, 0.05) is 47.7 Å². The fraction of sp³-hybridized carbons (Fsp3) is 0.636. The van der Waals surface area contributed by atoms with E-state index in [-0.39, 0.29) is 11.9 Å². The van der Waals surface area contributed by atoms with Crippen LogP contribution < -0.4 is 0 Å². The van der Waals surface area contributed by atoms with Gasteiger partial charge >= 0.3 is 5.97 Å². The molecule has 6 heteroatoms. The molecule has 1 rings (SSSR count). The number of ether oxygens (including phenoxy) is 1. The van der Waals surface area contributed by atoms with E-state index in [1.165, 1.54) is 7.11 Å². The Morgan fingerprint density at radius 3 is 2.88 bits per heavy atom. The first kappa shape index (κ1) is 13.9. The van der Waals surface area contributed by atoms with Gasteiger partial charge in [-0.2, -0.15) is 5.10 Å². The van der Waals surface area contributed by atoms with Gasteiger partial charge in [0.2, 0.25) is 0 Å². The fourth-order valence-electron chi connectivity index (χ4n) is 1.50. The van der Waals surface area contributed by atoms with Gasteiger partial charge in [-0.3, -0.25) is 13.7 Å². The summed E-state index contributed by atoms with van der Waals surface area (Å²) in [6.07, 6.45) is 2.42. The molecule has 0 saturated carbocycles. The highest BCUT2D eigenvalue weighted by Gasteiger charge is 2.16. The third kappa shape index (κ3) is 4.30. The van der Waals surface area contributed by atoms with E-state index >= 15 is 0 Å². The van der Waals surface area contributed by atoms with Crippen molar-refractivity contribution in [2.24, 2.45) is 13.0 Å². The summed E-state index contributed by atoms with van der Waals surface area (Å²) in [5, 5.41) is 4.04. The normalized spacial score (nSPS) is 14.3. The highest BCUT2D eigenvalue weighted by molar-refractivity contribution is 7.85. The van der Waals surface area contributed by atoms with Gasteiger partial charge in [0.15, 0.2) is 0 Å². The van der Waals surface area contributed by atoms with E-state index in [2.05, 4.69) is 9.84 Å². The van der Waals surface area contributed by atoms with Gasteiger partial charge in [-0.15, -0.1) is 0 Å². The number of aromatic nitrogens is 2. The van der Waals surface area contributed by atoms with Crippen molar-refractivity contribution < 1.29 is 13.7 Å². The number of aryl methyl sites for hydroxylation is 2. The number of methoxy groups -OCH3 is 1. The van der Waals surface area contributed by atoms with Crippen LogP contribution in [0.15, 0.2) is 12.3 Å². The summed E-state index contributed by atoms with van der Waals surface area (Å²) in [6.45, 7) is 1.73. The second-order valence-corrected chi connectivity index (χ2v) is 5.55. The van der Waals surface area contributed by atoms with Crippen molar-refractivity contribution in [3.05, 3.63) is 18.0 Å². The number of carbonyl (C=O) groups is 1. The first-order valence-corrected chi connectivity index (χ1v) is 6.93. The van der Waals surface area contributed by atoms with E-state index in [4.69, 9.17) is 0 Å². The Balaban J connectivity index is 2.36. The predicted octanol–water partition coefficient (Wildman–Crippen LogP) is 0.520. The highest BCUT2D eigenvalue weighted by atomic mass is 32.2. The topological polar surface area (TPSA) is 61.2 Å². The largest absolute Gasteiger partial charge is 0.469 e. The van der Waals surface area contributed by atoms with Crippen LogP contribution in [-0.2, 0) is 33.8 Å². The van der Waals surface area contributed by atoms with Gasteiger partial charge in [0.1, 0.15) is 0 Å². The first-order chi connectivity index (χ1) is 8.04. The van der Waals surface area contributed by atoms with E-state index in [1.807, 2.05) is 13.1 Å². The molecule has 17 heavy (non-hydrogen) atoms. The van der Waals surface area contributed by atoms with Crippen molar-refractivity contribution >= 4 is 16.8 Å². The van der Waals surface area contributed by atoms with Crippen molar-refractivity contribution in [2.75, 3.05) is 18.6 Å². The Bertz CT molecular complexity index is 403. The molecule has 0 amide bonds. The van der Waals surface area contributed by atoms with E-state index in [1.54, 1.807) is 17.8 Å². The summed E-state index contributed by atoms with van der Waals surface area (Å²) in [5.74, 6) is 0.275. The number of hydrogen-bond donors (Lipinski definition) is 0. The molecule has 0 spiro atoms. The lowest BCUT2D eigenvalue weighted by molar-refractivity contribution is -0.144. The molecule has 0 N–H and O–H groups in total. The lowest BCUT2D eigenvalue weighted by atomic mass is 10.2. The average Bonchev–Trinajstić information content (AvgIpc) is 2.71. The molecule has 0 radical (unpaired) electrons. The predicted molar refractivity (Wildman–Crippen MR) is 66.0 cm³/mol. The zero-order valence-electron chi connectivity index (χ0n) is 10.4. The highest BCUT2D eigenvalue weighted by Crippen LogP contribution is 2.04. The van der Waals surface area contributed by atoms with Gasteiger partial charge in [-0.25, -0.2) is 0 Å². The molecule has 0 saturated heterocycles. The molecule has 1 heterocycles. The number of rotatable bonds is 6. The molecule has 0 aliphatic rings. The smallest absolute Gasteiger partial charge is 0.309 e. The SMILES string of the molecule is COC(=O)C(C)CS(=O)CCc1ccnn1C. The maximum absolute atomic E-state index is 11.8.